The van der Waals surface area contributed by atoms with Crippen LogP contribution in [0, 0.1) is 0 Å². The number of H-pyrrole nitrogens is 1. The van der Waals surface area contributed by atoms with Crippen molar-refractivity contribution in [3.63, 3.8) is 0 Å². The molecule has 1 atom stereocenters. The van der Waals surface area contributed by atoms with Gasteiger partial charge in [0, 0.05) is 12.6 Å². The number of hydrogen-bond acceptors (Lipinski definition) is 3. The molecular formula is C14H18N4O2. The lowest BCUT2D eigenvalue weighted by Crippen LogP contribution is -2.47. The number of nitrogens with zero attached hydrogens (tertiary/aromatic N) is 1. The predicted octanol–water partition coefficient (Wildman–Crippen LogP) is 0.198. The van der Waals surface area contributed by atoms with E-state index >= 15 is 0 Å². The minimum Gasteiger partial charge on any atom is -0.351 e. The summed E-state index contributed by atoms with van der Waals surface area (Å²) >= 11 is 0. The highest BCUT2D eigenvalue weighted by Gasteiger charge is 2.16. The van der Waals surface area contributed by atoms with Crippen LogP contribution in [0.15, 0.2) is 29.1 Å². The Morgan fingerprint density at radius 2 is 2.25 bits per heavy atom. The second kappa shape index (κ2) is 5.50. The molecular weight excluding hydrogens is 256 g/mol. The Balaban J connectivity index is 1.74. The van der Waals surface area contributed by atoms with Crippen LogP contribution in [0.4, 0.5) is 0 Å². The maximum Gasteiger partial charge on any atom is 0.326 e. The van der Waals surface area contributed by atoms with Crippen LogP contribution in [-0.2, 0) is 11.3 Å². The van der Waals surface area contributed by atoms with Crippen molar-refractivity contribution in [3.05, 3.63) is 34.7 Å². The van der Waals surface area contributed by atoms with E-state index in [9.17, 15) is 9.59 Å². The fourth-order valence-electron chi connectivity index (χ4n) is 2.66. The summed E-state index contributed by atoms with van der Waals surface area (Å²) in [6.45, 7) is 1.86. The number of imidazole rings is 1. The van der Waals surface area contributed by atoms with Gasteiger partial charge in [-0.2, -0.15) is 0 Å². The van der Waals surface area contributed by atoms with Gasteiger partial charge in [0.25, 0.3) is 0 Å². The van der Waals surface area contributed by atoms with Gasteiger partial charge in [0.1, 0.15) is 6.54 Å². The van der Waals surface area contributed by atoms with Crippen molar-refractivity contribution in [2.45, 2.75) is 25.4 Å². The number of aromatic nitrogens is 2. The maximum atomic E-state index is 12.1. The molecule has 6 heteroatoms. The van der Waals surface area contributed by atoms with E-state index in [2.05, 4.69) is 15.6 Å². The highest BCUT2D eigenvalue weighted by molar-refractivity contribution is 5.80. The van der Waals surface area contributed by atoms with Crippen LogP contribution in [0.1, 0.15) is 12.8 Å². The number of benzene rings is 1. The third kappa shape index (κ3) is 2.60. The van der Waals surface area contributed by atoms with Crippen LogP contribution in [0.25, 0.3) is 11.0 Å². The third-order valence-corrected chi connectivity index (χ3v) is 3.65. The van der Waals surface area contributed by atoms with E-state index in [1.807, 2.05) is 24.3 Å². The van der Waals surface area contributed by atoms with Crippen LogP contribution in [0.5, 0.6) is 0 Å². The van der Waals surface area contributed by atoms with Gasteiger partial charge in [-0.1, -0.05) is 12.1 Å². The average Bonchev–Trinajstić information content (AvgIpc) is 2.76. The largest absolute Gasteiger partial charge is 0.351 e. The molecule has 106 valence electrons. The molecule has 1 saturated heterocycles. The lowest BCUT2D eigenvalue weighted by Gasteiger charge is -2.23. The van der Waals surface area contributed by atoms with E-state index in [-0.39, 0.29) is 24.2 Å². The summed E-state index contributed by atoms with van der Waals surface area (Å²) in [7, 11) is 0. The number of rotatable bonds is 3. The van der Waals surface area contributed by atoms with Crippen molar-refractivity contribution in [3.8, 4) is 0 Å². The van der Waals surface area contributed by atoms with Crippen molar-refractivity contribution in [2.24, 2.45) is 0 Å². The molecule has 2 aromatic rings. The summed E-state index contributed by atoms with van der Waals surface area (Å²) in [4.78, 5) is 26.7. The molecule has 1 aromatic carbocycles. The molecule has 1 amide bonds. The minimum atomic E-state index is -0.247. The predicted molar refractivity (Wildman–Crippen MR) is 76.6 cm³/mol. The standard InChI is InChI=1S/C14H18N4O2/c19-13(16-10-4-3-7-15-8-10)9-18-12-6-2-1-5-11(12)17-14(18)20/h1-2,5-6,10,15H,3-4,7-9H2,(H,16,19)(H,17,20)/t10-/m0/s1. The quantitative estimate of drug-likeness (QED) is 0.748. The SMILES string of the molecule is O=C(Cn1c(=O)[nH]c2ccccc21)N[C@H]1CCCNC1. The molecule has 1 aromatic heterocycles. The van der Waals surface area contributed by atoms with E-state index in [1.54, 1.807) is 0 Å². The molecule has 3 rings (SSSR count). The van der Waals surface area contributed by atoms with Gasteiger partial charge in [-0.25, -0.2) is 4.79 Å². The Bertz CT molecular complexity index is 667. The number of carbonyl (C=O) groups is 1. The van der Waals surface area contributed by atoms with E-state index in [1.165, 1.54) is 4.57 Å². The molecule has 0 spiro atoms. The summed E-state index contributed by atoms with van der Waals surface area (Å²) in [5.41, 5.74) is 1.27. The van der Waals surface area contributed by atoms with Crippen LogP contribution < -0.4 is 16.3 Å². The fourth-order valence-corrected chi connectivity index (χ4v) is 2.66. The first kappa shape index (κ1) is 12.9. The van der Waals surface area contributed by atoms with E-state index in [0.717, 1.165) is 37.0 Å². The highest BCUT2D eigenvalue weighted by atomic mass is 16.2. The van der Waals surface area contributed by atoms with Crippen molar-refractivity contribution in [2.75, 3.05) is 13.1 Å². The van der Waals surface area contributed by atoms with Crippen molar-refractivity contribution >= 4 is 16.9 Å². The first-order valence-corrected chi connectivity index (χ1v) is 6.91. The van der Waals surface area contributed by atoms with Crippen LogP contribution in [0.3, 0.4) is 0 Å². The summed E-state index contributed by atoms with van der Waals surface area (Å²) in [5, 5.41) is 6.22. The number of piperidine rings is 1. The molecule has 0 saturated carbocycles. The monoisotopic (exact) mass is 274 g/mol. The van der Waals surface area contributed by atoms with Gasteiger partial charge < -0.3 is 15.6 Å². The Morgan fingerprint density at radius 3 is 3.05 bits per heavy atom. The van der Waals surface area contributed by atoms with Gasteiger partial charge >= 0.3 is 5.69 Å². The molecule has 3 N–H and O–H groups in total. The molecule has 2 heterocycles. The zero-order valence-electron chi connectivity index (χ0n) is 11.2. The Hall–Kier alpha value is -2.08. The molecule has 1 aliphatic rings. The number of fused-ring (bicyclic) bond motifs is 1. The maximum absolute atomic E-state index is 12.1. The van der Waals surface area contributed by atoms with Crippen molar-refractivity contribution in [1.29, 1.82) is 0 Å². The third-order valence-electron chi connectivity index (χ3n) is 3.65. The number of aromatic amines is 1. The zero-order valence-corrected chi connectivity index (χ0v) is 11.2. The molecule has 0 aliphatic carbocycles. The number of carbonyl (C=O) groups excluding carboxylic acids is 1. The summed E-state index contributed by atoms with van der Waals surface area (Å²) < 4.78 is 1.47. The summed E-state index contributed by atoms with van der Waals surface area (Å²) in [5.74, 6) is -0.120. The van der Waals surface area contributed by atoms with E-state index in [4.69, 9.17) is 0 Å². The molecule has 6 nitrogen and oxygen atoms in total. The number of nitrogens with one attached hydrogen (secondary N) is 3. The molecule has 0 unspecified atom stereocenters. The van der Waals surface area contributed by atoms with Gasteiger partial charge in [0.2, 0.25) is 5.91 Å². The smallest absolute Gasteiger partial charge is 0.326 e. The highest BCUT2D eigenvalue weighted by Crippen LogP contribution is 2.08. The van der Waals surface area contributed by atoms with E-state index in [0.29, 0.717) is 0 Å². The first-order valence-electron chi connectivity index (χ1n) is 6.91. The number of amides is 1. The van der Waals surface area contributed by atoms with Crippen molar-refractivity contribution in [1.82, 2.24) is 20.2 Å². The van der Waals surface area contributed by atoms with Crippen LogP contribution in [-0.4, -0.2) is 34.6 Å². The molecule has 1 fully saturated rings. The zero-order chi connectivity index (χ0) is 13.9. The Morgan fingerprint density at radius 1 is 1.40 bits per heavy atom. The van der Waals surface area contributed by atoms with Gasteiger partial charge in [-0.05, 0) is 31.5 Å². The molecule has 0 radical (unpaired) electrons. The van der Waals surface area contributed by atoms with E-state index < -0.39 is 0 Å². The van der Waals surface area contributed by atoms with Gasteiger partial charge in [0.15, 0.2) is 0 Å². The lowest BCUT2D eigenvalue weighted by atomic mass is 10.1. The van der Waals surface area contributed by atoms with Crippen molar-refractivity contribution < 1.29 is 4.79 Å². The Labute approximate surface area is 116 Å². The fraction of sp³-hybridized carbons (Fsp3) is 0.429. The van der Waals surface area contributed by atoms with Crippen LogP contribution in [0.2, 0.25) is 0 Å². The molecule has 0 bridgehead atoms. The molecule has 1 aliphatic heterocycles. The van der Waals surface area contributed by atoms with Gasteiger partial charge in [-0.3, -0.25) is 9.36 Å². The average molecular weight is 274 g/mol. The van der Waals surface area contributed by atoms with Gasteiger partial charge in [-0.15, -0.1) is 0 Å². The normalized spacial score (nSPS) is 19.1. The lowest BCUT2D eigenvalue weighted by molar-refractivity contribution is -0.122. The summed E-state index contributed by atoms with van der Waals surface area (Å²) in [6.07, 6.45) is 2.06. The second-order valence-electron chi connectivity index (χ2n) is 5.14. The number of hydrogen-bond donors (Lipinski definition) is 3. The Kier molecular flexibility index (Phi) is 3.56. The minimum absolute atomic E-state index is 0.0549. The topological polar surface area (TPSA) is 78.9 Å². The summed E-state index contributed by atoms with van der Waals surface area (Å²) in [6, 6.07) is 7.54. The first-order chi connectivity index (χ1) is 9.74. The second-order valence-corrected chi connectivity index (χ2v) is 5.14. The molecule has 20 heavy (non-hydrogen) atoms. The number of para-hydroxylation sites is 2. The van der Waals surface area contributed by atoms with Gasteiger partial charge in [0.05, 0.1) is 11.0 Å². The van der Waals surface area contributed by atoms with Crippen LogP contribution >= 0.6 is 0 Å².